The van der Waals surface area contributed by atoms with Crippen LogP contribution in [0.25, 0.3) is 0 Å². The van der Waals surface area contributed by atoms with Gasteiger partial charge in [-0.1, -0.05) is 0 Å². The van der Waals surface area contributed by atoms with Gasteiger partial charge in [-0.25, -0.2) is 9.78 Å². The van der Waals surface area contributed by atoms with Crippen LogP contribution in [0.4, 0.5) is 10.1 Å². The lowest BCUT2D eigenvalue weighted by molar-refractivity contribution is 0.0602. The van der Waals surface area contributed by atoms with Gasteiger partial charge in [-0.2, -0.15) is 0 Å². The summed E-state index contributed by atoms with van der Waals surface area (Å²) in [5.41, 5.74) is 0.540. The van der Waals surface area contributed by atoms with Crippen LogP contribution >= 0.6 is 22.7 Å². The lowest BCUT2D eigenvalue weighted by Gasteiger charge is -2.02. The highest BCUT2D eigenvalue weighted by Crippen LogP contribution is 2.28. The number of nitrogens with one attached hydrogen (secondary N) is 1. The average Bonchev–Trinajstić information content (AvgIpc) is 2.88. The zero-order chi connectivity index (χ0) is 10.7. The topological polar surface area (TPSA) is 51.2 Å². The number of thiazole rings is 1. The number of hydrogen-bond acceptors (Lipinski definition) is 6. The van der Waals surface area contributed by atoms with Gasteiger partial charge < -0.3 is 10.1 Å². The number of rotatable bonds is 3. The number of anilines is 2. The fourth-order valence-corrected chi connectivity index (χ4v) is 2.43. The van der Waals surface area contributed by atoms with Crippen molar-refractivity contribution in [2.24, 2.45) is 0 Å². The van der Waals surface area contributed by atoms with Crippen LogP contribution in [0, 0.1) is 0 Å². The van der Waals surface area contributed by atoms with Crippen LogP contribution in [0.3, 0.4) is 0 Å². The molecule has 0 amide bonds. The standard InChI is InChI=1S/C9H8N2O2S2/c1-13-8(12)6-2-4-14-7(6)11-9-10-3-5-15-9/h2-5H,1H3,(H,10,11). The fraction of sp³-hybridized carbons (Fsp3) is 0.111. The van der Waals surface area contributed by atoms with Gasteiger partial charge in [-0.15, -0.1) is 22.7 Å². The van der Waals surface area contributed by atoms with E-state index in [0.29, 0.717) is 5.56 Å². The Bertz CT molecular complexity index is 450. The van der Waals surface area contributed by atoms with Crippen molar-refractivity contribution in [1.29, 1.82) is 0 Å². The number of methoxy groups -OCH3 is 1. The second-order valence-electron chi connectivity index (χ2n) is 2.62. The first-order chi connectivity index (χ1) is 7.31. The first-order valence-electron chi connectivity index (χ1n) is 4.13. The molecule has 15 heavy (non-hydrogen) atoms. The molecule has 6 heteroatoms. The van der Waals surface area contributed by atoms with Crippen LogP contribution in [-0.4, -0.2) is 18.1 Å². The van der Waals surface area contributed by atoms with Crippen molar-refractivity contribution in [3.8, 4) is 0 Å². The molecule has 2 rings (SSSR count). The number of aromatic nitrogens is 1. The van der Waals surface area contributed by atoms with Crippen LogP contribution in [0.15, 0.2) is 23.0 Å². The first kappa shape index (κ1) is 10.1. The number of thiophene rings is 1. The van der Waals surface area contributed by atoms with Gasteiger partial charge in [0, 0.05) is 11.6 Å². The van der Waals surface area contributed by atoms with E-state index >= 15 is 0 Å². The number of hydrogen-bond donors (Lipinski definition) is 1. The van der Waals surface area contributed by atoms with Crippen molar-refractivity contribution >= 4 is 38.8 Å². The van der Waals surface area contributed by atoms with Gasteiger partial charge in [0.25, 0.3) is 0 Å². The highest BCUT2D eigenvalue weighted by Gasteiger charge is 2.13. The molecule has 0 unspecified atom stereocenters. The number of ether oxygens (including phenoxy) is 1. The molecule has 4 nitrogen and oxygen atoms in total. The summed E-state index contributed by atoms with van der Waals surface area (Å²) in [4.78, 5) is 15.4. The van der Waals surface area contributed by atoms with Crippen molar-refractivity contribution in [3.05, 3.63) is 28.6 Å². The van der Waals surface area contributed by atoms with Crippen molar-refractivity contribution in [3.63, 3.8) is 0 Å². The molecule has 1 N–H and O–H groups in total. The molecular formula is C9H8N2O2S2. The molecule has 0 saturated heterocycles. The maximum atomic E-state index is 11.4. The van der Waals surface area contributed by atoms with Crippen LogP contribution in [0.2, 0.25) is 0 Å². The number of nitrogens with zero attached hydrogens (tertiary/aromatic N) is 1. The quantitative estimate of drug-likeness (QED) is 0.838. The van der Waals surface area contributed by atoms with E-state index in [9.17, 15) is 4.79 Å². The summed E-state index contributed by atoms with van der Waals surface area (Å²) < 4.78 is 4.67. The van der Waals surface area contributed by atoms with Crippen molar-refractivity contribution in [1.82, 2.24) is 4.98 Å². The maximum absolute atomic E-state index is 11.4. The summed E-state index contributed by atoms with van der Waals surface area (Å²) in [6.07, 6.45) is 1.71. The highest BCUT2D eigenvalue weighted by atomic mass is 32.1. The van der Waals surface area contributed by atoms with Gasteiger partial charge in [0.05, 0.1) is 12.7 Å². The van der Waals surface area contributed by atoms with Gasteiger partial charge >= 0.3 is 5.97 Å². The van der Waals surface area contributed by atoms with E-state index in [1.807, 2.05) is 10.8 Å². The molecule has 0 radical (unpaired) electrons. The molecule has 2 heterocycles. The minimum absolute atomic E-state index is 0.338. The van der Waals surface area contributed by atoms with Gasteiger partial charge in [-0.05, 0) is 11.4 Å². The van der Waals surface area contributed by atoms with E-state index in [1.165, 1.54) is 29.8 Å². The second-order valence-corrected chi connectivity index (χ2v) is 4.43. The normalized spacial score (nSPS) is 9.93. The molecule has 2 aromatic rings. The Kier molecular flexibility index (Phi) is 2.98. The predicted octanol–water partition coefficient (Wildman–Crippen LogP) is 2.73. The molecule has 0 atom stereocenters. The Morgan fingerprint density at radius 3 is 3.00 bits per heavy atom. The third-order valence-corrected chi connectivity index (χ3v) is 3.24. The molecule has 0 aliphatic rings. The van der Waals surface area contributed by atoms with E-state index in [0.717, 1.165) is 10.1 Å². The SMILES string of the molecule is COC(=O)c1ccsc1Nc1nccs1. The van der Waals surface area contributed by atoms with Crippen molar-refractivity contribution < 1.29 is 9.53 Å². The van der Waals surface area contributed by atoms with Crippen LogP contribution in [0.1, 0.15) is 10.4 Å². The molecular weight excluding hydrogens is 232 g/mol. The van der Waals surface area contributed by atoms with E-state index in [2.05, 4.69) is 15.0 Å². The van der Waals surface area contributed by atoms with E-state index in [-0.39, 0.29) is 5.97 Å². The smallest absolute Gasteiger partial charge is 0.340 e. The predicted molar refractivity (Wildman–Crippen MR) is 61.1 cm³/mol. The van der Waals surface area contributed by atoms with Crippen LogP contribution < -0.4 is 5.32 Å². The molecule has 0 saturated carbocycles. The van der Waals surface area contributed by atoms with Gasteiger partial charge in [0.1, 0.15) is 5.00 Å². The van der Waals surface area contributed by atoms with E-state index < -0.39 is 0 Å². The minimum Gasteiger partial charge on any atom is -0.465 e. The Hall–Kier alpha value is -1.40. The third-order valence-electron chi connectivity index (χ3n) is 1.72. The molecule has 0 aliphatic heterocycles. The highest BCUT2D eigenvalue weighted by molar-refractivity contribution is 7.16. The Morgan fingerprint density at radius 1 is 1.47 bits per heavy atom. The molecule has 0 bridgehead atoms. The van der Waals surface area contributed by atoms with Gasteiger partial charge in [0.15, 0.2) is 5.13 Å². The molecule has 78 valence electrons. The zero-order valence-corrected chi connectivity index (χ0v) is 9.52. The van der Waals surface area contributed by atoms with Crippen molar-refractivity contribution in [2.75, 3.05) is 12.4 Å². The Balaban J connectivity index is 2.22. The summed E-state index contributed by atoms with van der Waals surface area (Å²) in [6.45, 7) is 0. The molecule has 0 aromatic carbocycles. The lowest BCUT2D eigenvalue weighted by atomic mass is 10.3. The minimum atomic E-state index is -0.338. The largest absolute Gasteiger partial charge is 0.465 e. The summed E-state index contributed by atoms with van der Waals surface area (Å²) >= 11 is 2.93. The van der Waals surface area contributed by atoms with E-state index in [1.54, 1.807) is 12.3 Å². The van der Waals surface area contributed by atoms with Gasteiger partial charge in [0.2, 0.25) is 0 Å². The fourth-order valence-electron chi connectivity index (χ4n) is 1.06. The number of esters is 1. The third kappa shape index (κ3) is 2.16. The maximum Gasteiger partial charge on any atom is 0.340 e. The zero-order valence-electron chi connectivity index (χ0n) is 7.89. The molecule has 2 aromatic heterocycles. The molecule has 0 spiro atoms. The lowest BCUT2D eigenvalue weighted by Crippen LogP contribution is -2.02. The average molecular weight is 240 g/mol. The molecule has 0 fully saturated rings. The number of carbonyl (C=O) groups is 1. The molecule has 0 aliphatic carbocycles. The number of carbonyl (C=O) groups excluding carboxylic acids is 1. The van der Waals surface area contributed by atoms with Crippen molar-refractivity contribution in [2.45, 2.75) is 0 Å². The Morgan fingerprint density at radius 2 is 2.33 bits per heavy atom. The Labute approximate surface area is 94.5 Å². The van der Waals surface area contributed by atoms with Crippen LogP contribution in [-0.2, 0) is 4.74 Å². The summed E-state index contributed by atoms with van der Waals surface area (Å²) in [7, 11) is 1.37. The first-order valence-corrected chi connectivity index (χ1v) is 5.89. The summed E-state index contributed by atoms with van der Waals surface area (Å²) in [5, 5.41) is 8.30. The van der Waals surface area contributed by atoms with Gasteiger partial charge in [-0.3, -0.25) is 0 Å². The monoisotopic (exact) mass is 240 g/mol. The van der Waals surface area contributed by atoms with E-state index in [4.69, 9.17) is 0 Å². The second kappa shape index (κ2) is 4.41. The van der Waals surface area contributed by atoms with Crippen LogP contribution in [0.5, 0.6) is 0 Å². The summed E-state index contributed by atoms with van der Waals surface area (Å²) in [5.74, 6) is -0.338. The summed E-state index contributed by atoms with van der Waals surface area (Å²) in [6, 6.07) is 1.73.